The summed E-state index contributed by atoms with van der Waals surface area (Å²) >= 11 is 3.29. The van der Waals surface area contributed by atoms with Gasteiger partial charge >= 0.3 is 0 Å². The molecule has 0 aliphatic rings. The number of primary amides is 1. The molecule has 0 aliphatic heterocycles. The minimum atomic E-state index is -0.489. The van der Waals surface area contributed by atoms with Crippen molar-refractivity contribution in [2.45, 2.75) is 19.9 Å². The van der Waals surface area contributed by atoms with E-state index in [1.54, 1.807) is 18.2 Å². The zero-order chi connectivity index (χ0) is 13.0. The molecule has 0 bridgehead atoms. The van der Waals surface area contributed by atoms with E-state index < -0.39 is 11.9 Å². The monoisotopic (exact) mass is 295 g/mol. The van der Waals surface area contributed by atoms with Crippen molar-refractivity contribution in [3.63, 3.8) is 0 Å². The van der Waals surface area contributed by atoms with Gasteiger partial charge in [0, 0.05) is 4.47 Å². The SMILES string of the molecule is CC(C)C(Nc1cccc(Br)c1C#N)C(N)=O. The van der Waals surface area contributed by atoms with Crippen molar-refractivity contribution in [3.05, 3.63) is 28.2 Å². The Kier molecular flexibility index (Phi) is 4.53. The first kappa shape index (κ1) is 13.5. The van der Waals surface area contributed by atoms with Gasteiger partial charge in [0.1, 0.15) is 12.1 Å². The van der Waals surface area contributed by atoms with Crippen LogP contribution in [-0.4, -0.2) is 11.9 Å². The minimum absolute atomic E-state index is 0.0537. The molecule has 0 heterocycles. The highest BCUT2D eigenvalue weighted by molar-refractivity contribution is 9.10. The molecule has 0 saturated carbocycles. The van der Waals surface area contributed by atoms with Crippen LogP contribution in [-0.2, 0) is 4.79 Å². The Balaban J connectivity index is 3.06. The molecule has 1 aromatic rings. The van der Waals surface area contributed by atoms with Crippen molar-refractivity contribution >= 4 is 27.5 Å². The summed E-state index contributed by atoms with van der Waals surface area (Å²) in [5.41, 5.74) is 6.40. The van der Waals surface area contributed by atoms with Crippen LogP contribution in [0.5, 0.6) is 0 Å². The number of anilines is 1. The second-order valence-electron chi connectivity index (χ2n) is 4.04. The molecule has 0 aromatic heterocycles. The highest BCUT2D eigenvalue weighted by atomic mass is 79.9. The van der Waals surface area contributed by atoms with Gasteiger partial charge in [0.2, 0.25) is 5.91 Å². The lowest BCUT2D eigenvalue weighted by molar-refractivity contribution is -0.119. The number of nitrogens with two attached hydrogens (primary N) is 1. The number of carbonyl (C=O) groups excluding carboxylic acids is 1. The van der Waals surface area contributed by atoms with E-state index in [2.05, 4.69) is 27.3 Å². The number of benzene rings is 1. The number of nitrogens with one attached hydrogen (secondary N) is 1. The summed E-state index contributed by atoms with van der Waals surface area (Å²) in [6.45, 7) is 3.79. The Morgan fingerprint density at radius 2 is 2.18 bits per heavy atom. The van der Waals surface area contributed by atoms with E-state index in [9.17, 15) is 4.79 Å². The van der Waals surface area contributed by atoms with Crippen LogP contribution in [0, 0.1) is 17.2 Å². The topological polar surface area (TPSA) is 78.9 Å². The summed E-state index contributed by atoms with van der Waals surface area (Å²) in [5.74, 6) is -0.373. The lowest BCUT2D eigenvalue weighted by Crippen LogP contribution is -2.39. The van der Waals surface area contributed by atoms with E-state index in [0.29, 0.717) is 15.7 Å². The summed E-state index contributed by atoms with van der Waals surface area (Å²) < 4.78 is 0.692. The molecule has 90 valence electrons. The van der Waals surface area contributed by atoms with Gasteiger partial charge in [0.25, 0.3) is 0 Å². The predicted molar refractivity (Wildman–Crippen MR) is 70.3 cm³/mol. The molecule has 1 rings (SSSR count). The van der Waals surface area contributed by atoms with E-state index in [1.165, 1.54) is 0 Å². The summed E-state index contributed by atoms with van der Waals surface area (Å²) in [6, 6.07) is 6.92. The lowest BCUT2D eigenvalue weighted by Gasteiger charge is -2.21. The van der Waals surface area contributed by atoms with Crippen LogP contribution in [0.4, 0.5) is 5.69 Å². The molecule has 5 heteroatoms. The van der Waals surface area contributed by atoms with E-state index in [1.807, 2.05) is 13.8 Å². The van der Waals surface area contributed by atoms with Crippen molar-refractivity contribution < 1.29 is 4.79 Å². The van der Waals surface area contributed by atoms with Gasteiger partial charge in [-0.2, -0.15) is 5.26 Å². The average Bonchev–Trinajstić information content (AvgIpc) is 2.25. The van der Waals surface area contributed by atoms with Crippen LogP contribution in [0.25, 0.3) is 0 Å². The molecule has 4 nitrogen and oxygen atoms in total. The van der Waals surface area contributed by atoms with Crippen LogP contribution in [0.15, 0.2) is 22.7 Å². The maximum absolute atomic E-state index is 11.3. The number of hydrogen-bond acceptors (Lipinski definition) is 3. The normalized spacial score (nSPS) is 11.9. The third kappa shape index (κ3) is 3.21. The smallest absolute Gasteiger partial charge is 0.240 e. The number of nitrogens with zero attached hydrogens (tertiary/aromatic N) is 1. The van der Waals surface area contributed by atoms with E-state index >= 15 is 0 Å². The third-order valence-corrected chi connectivity index (χ3v) is 3.07. The Morgan fingerprint density at radius 3 is 2.65 bits per heavy atom. The predicted octanol–water partition coefficient (Wildman–Crippen LogP) is 2.24. The molecule has 1 amide bonds. The Labute approximate surface area is 109 Å². The van der Waals surface area contributed by atoms with Gasteiger partial charge in [-0.3, -0.25) is 4.79 Å². The lowest BCUT2D eigenvalue weighted by atomic mass is 10.0. The van der Waals surface area contributed by atoms with Crippen LogP contribution in [0.3, 0.4) is 0 Å². The molecule has 0 spiro atoms. The molecule has 0 saturated heterocycles. The van der Waals surface area contributed by atoms with E-state index in [4.69, 9.17) is 11.0 Å². The number of hydrogen-bond donors (Lipinski definition) is 2. The summed E-state index contributed by atoms with van der Waals surface area (Å²) in [5, 5.41) is 12.1. The van der Waals surface area contributed by atoms with Gasteiger partial charge < -0.3 is 11.1 Å². The maximum Gasteiger partial charge on any atom is 0.240 e. The van der Waals surface area contributed by atoms with Gasteiger partial charge in [-0.05, 0) is 34.0 Å². The van der Waals surface area contributed by atoms with Gasteiger partial charge in [0.15, 0.2) is 0 Å². The standard InChI is InChI=1S/C12H14BrN3O/c1-7(2)11(12(15)17)16-10-5-3-4-9(13)8(10)6-14/h3-5,7,11,16H,1-2H3,(H2,15,17). The summed E-state index contributed by atoms with van der Waals surface area (Å²) in [6.07, 6.45) is 0. The van der Waals surface area contributed by atoms with Crippen molar-refractivity contribution in [1.29, 1.82) is 5.26 Å². The van der Waals surface area contributed by atoms with Crippen LogP contribution >= 0.6 is 15.9 Å². The molecule has 0 radical (unpaired) electrons. The van der Waals surface area contributed by atoms with Crippen molar-refractivity contribution in [2.24, 2.45) is 11.7 Å². The summed E-state index contributed by atoms with van der Waals surface area (Å²) in [4.78, 5) is 11.3. The minimum Gasteiger partial charge on any atom is -0.372 e. The molecule has 0 aliphatic carbocycles. The summed E-state index contributed by atoms with van der Waals surface area (Å²) in [7, 11) is 0. The molecular weight excluding hydrogens is 282 g/mol. The van der Waals surface area contributed by atoms with E-state index in [-0.39, 0.29) is 5.92 Å². The second kappa shape index (κ2) is 5.69. The zero-order valence-electron chi connectivity index (χ0n) is 9.70. The number of nitriles is 1. The number of carbonyl (C=O) groups is 1. The first-order valence-corrected chi connectivity index (χ1v) is 6.01. The Morgan fingerprint density at radius 1 is 1.53 bits per heavy atom. The fourth-order valence-electron chi connectivity index (χ4n) is 1.49. The van der Waals surface area contributed by atoms with Gasteiger partial charge in [-0.25, -0.2) is 0 Å². The van der Waals surface area contributed by atoms with E-state index in [0.717, 1.165) is 0 Å². The van der Waals surface area contributed by atoms with Crippen molar-refractivity contribution in [1.82, 2.24) is 0 Å². The zero-order valence-corrected chi connectivity index (χ0v) is 11.3. The second-order valence-corrected chi connectivity index (χ2v) is 4.90. The van der Waals surface area contributed by atoms with Gasteiger partial charge in [0.05, 0.1) is 11.3 Å². The molecule has 1 atom stereocenters. The Hall–Kier alpha value is -1.54. The third-order valence-electron chi connectivity index (χ3n) is 2.41. The van der Waals surface area contributed by atoms with Crippen LogP contribution in [0.2, 0.25) is 0 Å². The molecule has 1 aromatic carbocycles. The molecule has 3 N–H and O–H groups in total. The van der Waals surface area contributed by atoms with Crippen molar-refractivity contribution in [3.8, 4) is 6.07 Å². The van der Waals surface area contributed by atoms with Crippen LogP contribution < -0.4 is 11.1 Å². The number of halogens is 1. The first-order chi connectivity index (χ1) is 7.97. The highest BCUT2D eigenvalue weighted by Crippen LogP contribution is 2.25. The fraction of sp³-hybridized carbons (Fsp3) is 0.333. The Bertz CT molecular complexity index is 465. The maximum atomic E-state index is 11.3. The highest BCUT2D eigenvalue weighted by Gasteiger charge is 2.20. The van der Waals surface area contributed by atoms with Crippen molar-refractivity contribution in [2.75, 3.05) is 5.32 Å². The molecule has 17 heavy (non-hydrogen) atoms. The fourth-order valence-corrected chi connectivity index (χ4v) is 1.95. The number of rotatable bonds is 4. The molecule has 1 unspecified atom stereocenters. The molecule has 0 fully saturated rings. The number of amides is 1. The average molecular weight is 296 g/mol. The van der Waals surface area contributed by atoms with Gasteiger partial charge in [-0.15, -0.1) is 0 Å². The first-order valence-electron chi connectivity index (χ1n) is 5.21. The van der Waals surface area contributed by atoms with Gasteiger partial charge in [-0.1, -0.05) is 19.9 Å². The van der Waals surface area contributed by atoms with Crippen LogP contribution in [0.1, 0.15) is 19.4 Å². The molecular formula is C12H14BrN3O. The largest absolute Gasteiger partial charge is 0.372 e. The quantitative estimate of drug-likeness (QED) is 0.894.